The van der Waals surface area contributed by atoms with Gasteiger partial charge in [0.15, 0.2) is 0 Å². The fourth-order valence-electron chi connectivity index (χ4n) is 4.70. The summed E-state index contributed by atoms with van der Waals surface area (Å²) in [6, 6.07) is 16.5. The van der Waals surface area contributed by atoms with Crippen LogP contribution >= 0.6 is 0 Å². The van der Waals surface area contributed by atoms with Crippen molar-refractivity contribution >= 4 is 22.8 Å². The number of carboxylic acids is 1. The number of piperazine rings is 1. The number of carboxylic acid groups (broad SMARTS) is 1. The highest BCUT2D eigenvalue weighted by molar-refractivity contribution is 5.92. The summed E-state index contributed by atoms with van der Waals surface area (Å²) < 4.78 is 13.3. The van der Waals surface area contributed by atoms with E-state index in [4.69, 9.17) is 19.1 Å². The van der Waals surface area contributed by atoms with E-state index in [1.54, 1.807) is 30.6 Å². The maximum Gasteiger partial charge on any atom is 0.335 e. The second-order valence-electron chi connectivity index (χ2n) is 9.26. The number of ether oxygens (including phenoxy) is 1. The minimum absolute atomic E-state index is 0.218. The third-order valence-electron chi connectivity index (χ3n) is 6.72. The topological polar surface area (TPSA) is 123 Å². The van der Waals surface area contributed by atoms with E-state index in [-0.39, 0.29) is 5.56 Å². The van der Waals surface area contributed by atoms with E-state index in [1.165, 1.54) is 6.26 Å². The molecule has 6 rings (SSSR count). The van der Waals surface area contributed by atoms with Crippen LogP contribution in [0.25, 0.3) is 11.0 Å². The molecule has 0 atom stereocenters. The zero-order valence-electron chi connectivity index (χ0n) is 21.2. The average Bonchev–Trinajstić information content (AvgIpc) is 3.61. The fraction of sp³-hybridized carbons (Fsp3) is 0.250. The summed E-state index contributed by atoms with van der Waals surface area (Å²) in [5, 5.41) is 9.49. The van der Waals surface area contributed by atoms with E-state index in [0.717, 1.165) is 54.5 Å². The second kappa shape index (κ2) is 10.9. The molecule has 1 aromatic carbocycles. The molecule has 5 heterocycles. The number of rotatable bonds is 9. The number of aromatic carboxylic acids is 1. The Morgan fingerprint density at radius 3 is 2.62 bits per heavy atom. The Bertz CT molecular complexity index is 1560. The van der Waals surface area contributed by atoms with Crippen molar-refractivity contribution in [3.8, 4) is 5.88 Å². The van der Waals surface area contributed by atoms with E-state index in [0.29, 0.717) is 31.5 Å². The lowest BCUT2D eigenvalue weighted by molar-refractivity contribution is 0.0697. The molecule has 0 radical (unpaired) electrons. The number of pyridine rings is 2. The van der Waals surface area contributed by atoms with Gasteiger partial charge in [-0.15, -0.1) is 0 Å². The van der Waals surface area contributed by atoms with Crippen LogP contribution in [0.4, 0.5) is 5.82 Å². The zero-order valence-corrected chi connectivity index (χ0v) is 21.2. The van der Waals surface area contributed by atoms with Crippen LogP contribution in [0.1, 0.15) is 27.8 Å². The zero-order chi connectivity index (χ0) is 26.6. The third kappa shape index (κ3) is 5.58. The highest BCUT2D eigenvalue weighted by atomic mass is 16.5. The molecule has 198 valence electrons. The van der Waals surface area contributed by atoms with E-state index < -0.39 is 5.97 Å². The molecule has 11 heteroatoms. The Labute approximate surface area is 224 Å². The quantitative estimate of drug-likeness (QED) is 0.306. The number of hydrogen-bond acceptors (Lipinski definition) is 9. The number of aromatic nitrogens is 5. The van der Waals surface area contributed by atoms with Gasteiger partial charge in [-0.25, -0.2) is 14.8 Å². The highest BCUT2D eigenvalue weighted by Crippen LogP contribution is 2.23. The summed E-state index contributed by atoms with van der Waals surface area (Å²) in [7, 11) is 0. The van der Waals surface area contributed by atoms with Crippen molar-refractivity contribution in [2.45, 2.75) is 19.7 Å². The SMILES string of the molecule is O=C(O)c1ccc2nc(CN3CCN(c4cccc(OCc5ccccn5)n4)CC3)n(Cc3ncco3)c2c1. The summed E-state index contributed by atoms with van der Waals surface area (Å²) in [6.45, 7) is 4.61. The molecular formula is C28H27N7O4. The summed E-state index contributed by atoms with van der Waals surface area (Å²) in [5.74, 6) is 1.85. The number of nitrogens with zero attached hydrogens (tertiary/aromatic N) is 7. The minimum atomic E-state index is -0.974. The molecule has 0 saturated carbocycles. The predicted molar refractivity (Wildman–Crippen MR) is 143 cm³/mol. The molecule has 11 nitrogen and oxygen atoms in total. The number of imidazole rings is 1. The van der Waals surface area contributed by atoms with Gasteiger partial charge in [-0.3, -0.25) is 9.88 Å². The predicted octanol–water partition coefficient (Wildman–Crippen LogP) is 3.46. The monoisotopic (exact) mass is 525 g/mol. The summed E-state index contributed by atoms with van der Waals surface area (Å²) >= 11 is 0. The third-order valence-corrected chi connectivity index (χ3v) is 6.72. The van der Waals surface area contributed by atoms with E-state index >= 15 is 0 Å². The lowest BCUT2D eigenvalue weighted by atomic mass is 10.2. The largest absolute Gasteiger partial charge is 0.478 e. The lowest BCUT2D eigenvalue weighted by Gasteiger charge is -2.35. The molecule has 1 aliphatic rings. The van der Waals surface area contributed by atoms with Crippen molar-refractivity contribution in [1.29, 1.82) is 0 Å². The molecule has 39 heavy (non-hydrogen) atoms. The van der Waals surface area contributed by atoms with Crippen LogP contribution in [-0.2, 0) is 19.7 Å². The molecular weight excluding hydrogens is 498 g/mol. The molecule has 0 bridgehead atoms. The summed E-state index contributed by atoms with van der Waals surface area (Å²) in [5.41, 5.74) is 2.56. The van der Waals surface area contributed by atoms with Gasteiger partial charge in [-0.2, -0.15) is 4.98 Å². The number of hydrogen-bond donors (Lipinski definition) is 1. The maximum absolute atomic E-state index is 11.6. The van der Waals surface area contributed by atoms with Gasteiger partial charge < -0.3 is 23.7 Å². The van der Waals surface area contributed by atoms with Crippen LogP contribution in [0.5, 0.6) is 5.88 Å². The summed E-state index contributed by atoms with van der Waals surface area (Å²) in [4.78, 5) is 34.2. The molecule has 1 fully saturated rings. The number of carbonyl (C=O) groups is 1. The first-order chi connectivity index (χ1) is 19.1. The molecule has 0 unspecified atom stereocenters. The Hall–Kier alpha value is -4.77. The molecule has 4 aromatic heterocycles. The van der Waals surface area contributed by atoms with Crippen LogP contribution in [0, 0.1) is 0 Å². The molecule has 0 aliphatic carbocycles. The van der Waals surface area contributed by atoms with Gasteiger partial charge in [-0.1, -0.05) is 12.1 Å². The van der Waals surface area contributed by atoms with Gasteiger partial charge in [0.25, 0.3) is 0 Å². The van der Waals surface area contributed by atoms with Crippen molar-refractivity contribution in [1.82, 2.24) is 29.4 Å². The van der Waals surface area contributed by atoms with E-state index in [9.17, 15) is 9.90 Å². The normalized spacial score (nSPS) is 14.1. The van der Waals surface area contributed by atoms with Crippen LogP contribution in [0.15, 0.2) is 77.7 Å². The smallest absolute Gasteiger partial charge is 0.335 e. The van der Waals surface area contributed by atoms with Crippen molar-refractivity contribution in [2.75, 3.05) is 31.1 Å². The minimum Gasteiger partial charge on any atom is -0.478 e. The molecule has 1 N–H and O–H groups in total. The van der Waals surface area contributed by atoms with Gasteiger partial charge in [0, 0.05) is 38.4 Å². The van der Waals surface area contributed by atoms with Crippen LogP contribution < -0.4 is 9.64 Å². The summed E-state index contributed by atoms with van der Waals surface area (Å²) in [6.07, 6.45) is 4.88. The van der Waals surface area contributed by atoms with Crippen molar-refractivity contribution < 1.29 is 19.1 Å². The average molecular weight is 526 g/mol. The first-order valence-corrected chi connectivity index (χ1v) is 12.7. The Morgan fingerprint density at radius 1 is 0.949 bits per heavy atom. The van der Waals surface area contributed by atoms with Gasteiger partial charge in [0.05, 0.1) is 35.0 Å². The fourth-order valence-corrected chi connectivity index (χ4v) is 4.70. The van der Waals surface area contributed by atoms with Gasteiger partial charge >= 0.3 is 5.97 Å². The molecule has 0 amide bonds. The van der Waals surface area contributed by atoms with Crippen LogP contribution in [0.2, 0.25) is 0 Å². The Morgan fingerprint density at radius 2 is 1.85 bits per heavy atom. The van der Waals surface area contributed by atoms with Gasteiger partial charge in [0.2, 0.25) is 11.8 Å². The standard InChI is InChI=1S/C28H27N7O4/c36-28(37)20-7-8-22-23(16-20)35(18-27-30-10-15-38-27)25(31-22)17-33-11-13-34(14-12-33)24-5-3-6-26(32-24)39-19-21-4-1-2-9-29-21/h1-10,15-16H,11-14,17-19H2,(H,36,37). The van der Waals surface area contributed by atoms with Crippen molar-refractivity contribution in [3.05, 3.63) is 96.2 Å². The molecule has 1 saturated heterocycles. The Balaban J connectivity index is 1.14. The number of benzene rings is 1. The lowest BCUT2D eigenvalue weighted by Crippen LogP contribution is -2.46. The first-order valence-electron chi connectivity index (χ1n) is 12.7. The maximum atomic E-state index is 11.6. The Kier molecular flexibility index (Phi) is 6.88. The molecule has 0 spiro atoms. The number of oxazole rings is 1. The van der Waals surface area contributed by atoms with Gasteiger partial charge in [0.1, 0.15) is 31.1 Å². The van der Waals surface area contributed by atoms with Crippen LogP contribution in [0.3, 0.4) is 0 Å². The second-order valence-corrected chi connectivity index (χ2v) is 9.26. The van der Waals surface area contributed by atoms with Crippen molar-refractivity contribution in [3.63, 3.8) is 0 Å². The van der Waals surface area contributed by atoms with Crippen LogP contribution in [-0.4, -0.2) is 66.7 Å². The molecule has 5 aromatic rings. The first kappa shape index (κ1) is 24.6. The number of anilines is 1. The van der Waals surface area contributed by atoms with Gasteiger partial charge in [-0.05, 0) is 36.4 Å². The molecule has 1 aliphatic heterocycles. The van der Waals surface area contributed by atoms with E-state index in [2.05, 4.69) is 19.8 Å². The van der Waals surface area contributed by atoms with E-state index in [1.807, 2.05) is 41.0 Å². The number of fused-ring (bicyclic) bond motifs is 1. The van der Waals surface area contributed by atoms with Crippen molar-refractivity contribution in [2.24, 2.45) is 0 Å². The highest BCUT2D eigenvalue weighted by Gasteiger charge is 2.22.